The first-order valence-electron chi connectivity index (χ1n) is 7.97. The van der Waals surface area contributed by atoms with E-state index in [-0.39, 0.29) is 23.2 Å². The first kappa shape index (κ1) is 17.5. The SMILES string of the molecule is CC1(C)C[C@@H](NC(=O)CCc2ccc(C(N)=O)cc2)C(C)(C)O1. The molecular formula is C18H26N2O3. The van der Waals surface area contributed by atoms with Gasteiger partial charge in [0.05, 0.1) is 17.2 Å². The highest BCUT2D eigenvalue weighted by Gasteiger charge is 2.46. The van der Waals surface area contributed by atoms with Gasteiger partial charge in [0.1, 0.15) is 0 Å². The Morgan fingerprint density at radius 2 is 1.83 bits per heavy atom. The van der Waals surface area contributed by atoms with E-state index in [2.05, 4.69) is 5.32 Å². The van der Waals surface area contributed by atoms with E-state index >= 15 is 0 Å². The summed E-state index contributed by atoms with van der Waals surface area (Å²) in [6.07, 6.45) is 1.84. The highest BCUT2D eigenvalue weighted by atomic mass is 16.5. The van der Waals surface area contributed by atoms with Gasteiger partial charge in [0, 0.05) is 12.0 Å². The zero-order valence-corrected chi connectivity index (χ0v) is 14.3. The summed E-state index contributed by atoms with van der Waals surface area (Å²) in [5, 5.41) is 3.09. The fourth-order valence-corrected chi connectivity index (χ4v) is 3.15. The van der Waals surface area contributed by atoms with Crippen LogP contribution in [0.3, 0.4) is 0 Å². The van der Waals surface area contributed by atoms with Crippen LogP contribution in [0.15, 0.2) is 24.3 Å². The summed E-state index contributed by atoms with van der Waals surface area (Å²) in [6.45, 7) is 8.10. The summed E-state index contributed by atoms with van der Waals surface area (Å²) in [4.78, 5) is 23.2. The molecule has 23 heavy (non-hydrogen) atoms. The Balaban J connectivity index is 1.87. The van der Waals surface area contributed by atoms with Crippen molar-refractivity contribution in [2.24, 2.45) is 5.73 Å². The number of aryl methyl sites for hydroxylation is 1. The molecule has 5 heteroatoms. The van der Waals surface area contributed by atoms with Crippen LogP contribution in [-0.4, -0.2) is 29.1 Å². The van der Waals surface area contributed by atoms with Crippen molar-refractivity contribution >= 4 is 11.8 Å². The Labute approximate surface area is 137 Å². The minimum absolute atomic E-state index is 0.0160. The molecule has 0 spiro atoms. The molecular weight excluding hydrogens is 292 g/mol. The highest BCUT2D eigenvalue weighted by Crippen LogP contribution is 2.37. The van der Waals surface area contributed by atoms with Crippen LogP contribution in [-0.2, 0) is 16.0 Å². The molecule has 1 fully saturated rings. The first-order chi connectivity index (χ1) is 10.6. The fourth-order valence-electron chi connectivity index (χ4n) is 3.15. The number of carbonyl (C=O) groups excluding carboxylic acids is 2. The van der Waals surface area contributed by atoms with Crippen molar-refractivity contribution in [2.45, 2.75) is 64.2 Å². The molecule has 1 aromatic rings. The lowest BCUT2D eigenvalue weighted by molar-refractivity contribution is -0.123. The fraction of sp³-hybridized carbons (Fsp3) is 0.556. The van der Waals surface area contributed by atoms with Gasteiger partial charge < -0.3 is 15.8 Å². The third kappa shape index (κ3) is 4.55. The van der Waals surface area contributed by atoms with Gasteiger partial charge in [-0.1, -0.05) is 12.1 Å². The summed E-state index contributed by atoms with van der Waals surface area (Å²) >= 11 is 0. The van der Waals surface area contributed by atoms with Gasteiger partial charge in [-0.3, -0.25) is 9.59 Å². The molecule has 1 saturated heterocycles. The summed E-state index contributed by atoms with van der Waals surface area (Å²) in [5.41, 5.74) is 6.12. The maximum Gasteiger partial charge on any atom is 0.248 e. The molecule has 1 aromatic carbocycles. The molecule has 2 rings (SSSR count). The molecule has 0 aliphatic carbocycles. The summed E-state index contributed by atoms with van der Waals surface area (Å²) in [7, 11) is 0. The molecule has 1 aliphatic rings. The maximum atomic E-state index is 12.2. The van der Waals surface area contributed by atoms with Gasteiger partial charge in [0.2, 0.25) is 11.8 Å². The number of hydrogen-bond acceptors (Lipinski definition) is 3. The number of hydrogen-bond donors (Lipinski definition) is 2. The van der Waals surface area contributed by atoms with Crippen molar-refractivity contribution in [3.05, 3.63) is 35.4 Å². The zero-order valence-electron chi connectivity index (χ0n) is 14.3. The molecule has 1 heterocycles. The number of ether oxygens (including phenoxy) is 1. The van der Waals surface area contributed by atoms with Crippen molar-refractivity contribution in [2.75, 3.05) is 0 Å². The Hall–Kier alpha value is -1.88. The van der Waals surface area contributed by atoms with E-state index in [9.17, 15) is 9.59 Å². The largest absolute Gasteiger partial charge is 0.367 e. The van der Waals surface area contributed by atoms with Gasteiger partial charge in [0.25, 0.3) is 0 Å². The van der Waals surface area contributed by atoms with Gasteiger partial charge in [-0.05, 0) is 58.2 Å². The van der Waals surface area contributed by atoms with Crippen molar-refractivity contribution < 1.29 is 14.3 Å². The van der Waals surface area contributed by atoms with Crippen LogP contribution in [0, 0.1) is 0 Å². The third-order valence-corrected chi connectivity index (χ3v) is 4.29. The second-order valence-corrected chi connectivity index (χ2v) is 7.35. The third-order valence-electron chi connectivity index (χ3n) is 4.29. The smallest absolute Gasteiger partial charge is 0.248 e. The minimum Gasteiger partial charge on any atom is -0.367 e. The van der Waals surface area contributed by atoms with E-state index in [0.29, 0.717) is 18.4 Å². The van der Waals surface area contributed by atoms with E-state index in [0.717, 1.165) is 12.0 Å². The lowest BCUT2D eigenvalue weighted by atomic mass is 9.94. The number of benzene rings is 1. The second-order valence-electron chi connectivity index (χ2n) is 7.35. The molecule has 1 aliphatic heterocycles. The van der Waals surface area contributed by atoms with Gasteiger partial charge in [-0.25, -0.2) is 0 Å². The molecule has 0 unspecified atom stereocenters. The zero-order chi connectivity index (χ0) is 17.3. The van der Waals surface area contributed by atoms with E-state index in [1.165, 1.54) is 0 Å². The molecule has 1 atom stereocenters. The second kappa shape index (κ2) is 6.32. The van der Waals surface area contributed by atoms with Crippen LogP contribution in [0.4, 0.5) is 0 Å². The lowest BCUT2D eigenvalue weighted by Gasteiger charge is -2.27. The minimum atomic E-state index is -0.444. The molecule has 2 amide bonds. The number of carbonyl (C=O) groups is 2. The number of amides is 2. The highest BCUT2D eigenvalue weighted by molar-refractivity contribution is 5.92. The molecule has 0 saturated carbocycles. The first-order valence-corrected chi connectivity index (χ1v) is 7.97. The Morgan fingerprint density at radius 3 is 2.30 bits per heavy atom. The molecule has 0 bridgehead atoms. The van der Waals surface area contributed by atoms with Crippen molar-refractivity contribution in [1.82, 2.24) is 5.32 Å². The van der Waals surface area contributed by atoms with Crippen LogP contribution < -0.4 is 11.1 Å². The van der Waals surface area contributed by atoms with Crippen LogP contribution in [0.1, 0.15) is 56.5 Å². The predicted molar refractivity (Wildman–Crippen MR) is 89.1 cm³/mol. The van der Waals surface area contributed by atoms with E-state index in [1.54, 1.807) is 12.1 Å². The monoisotopic (exact) mass is 318 g/mol. The average molecular weight is 318 g/mol. The van der Waals surface area contributed by atoms with E-state index in [4.69, 9.17) is 10.5 Å². The van der Waals surface area contributed by atoms with Crippen molar-refractivity contribution in [3.8, 4) is 0 Å². The summed E-state index contributed by atoms with van der Waals surface area (Å²) in [6, 6.07) is 7.05. The molecule has 5 nitrogen and oxygen atoms in total. The summed E-state index contributed by atoms with van der Waals surface area (Å²) in [5.74, 6) is -0.427. The molecule has 0 aromatic heterocycles. The lowest BCUT2D eigenvalue weighted by Crippen LogP contribution is -2.46. The molecule has 3 N–H and O–H groups in total. The normalized spacial score (nSPS) is 21.8. The number of rotatable bonds is 5. The predicted octanol–water partition coefficient (Wildman–Crippen LogP) is 2.18. The van der Waals surface area contributed by atoms with E-state index < -0.39 is 5.91 Å². The Kier molecular flexibility index (Phi) is 4.80. The Morgan fingerprint density at radius 1 is 1.22 bits per heavy atom. The topological polar surface area (TPSA) is 81.4 Å². The van der Waals surface area contributed by atoms with Crippen LogP contribution >= 0.6 is 0 Å². The van der Waals surface area contributed by atoms with Gasteiger partial charge in [-0.2, -0.15) is 0 Å². The van der Waals surface area contributed by atoms with Gasteiger partial charge in [0.15, 0.2) is 0 Å². The van der Waals surface area contributed by atoms with Crippen molar-refractivity contribution in [3.63, 3.8) is 0 Å². The quantitative estimate of drug-likeness (QED) is 0.873. The standard InChI is InChI=1S/C18H26N2O3/c1-17(2)11-14(18(3,4)23-17)20-15(21)10-7-12-5-8-13(9-6-12)16(19)22/h5-6,8-9,14H,7,10-11H2,1-4H3,(H2,19,22)(H,20,21)/t14-/m1/s1. The van der Waals surface area contributed by atoms with Crippen molar-refractivity contribution in [1.29, 1.82) is 0 Å². The van der Waals surface area contributed by atoms with Crippen LogP contribution in [0.5, 0.6) is 0 Å². The Bertz CT molecular complexity index is 591. The number of nitrogens with one attached hydrogen (secondary N) is 1. The maximum absolute atomic E-state index is 12.2. The van der Waals surface area contributed by atoms with Gasteiger partial charge >= 0.3 is 0 Å². The summed E-state index contributed by atoms with van der Waals surface area (Å²) < 4.78 is 5.99. The number of primary amides is 1. The van der Waals surface area contributed by atoms with Gasteiger partial charge in [-0.15, -0.1) is 0 Å². The van der Waals surface area contributed by atoms with Crippen LogP contribution in [0.25, 0.3) is 0 Å². The van der Waals surface area contributed by atoms with Crippen LogP contribution in [0.2, 0.25) is 0 Å². The number of nitrogens with two attached hydrogens (primary N) is 1. The molecule has 0 radical (unpaired) electrons. The van der Waals surface area contributed by atoms with E-state index in [1.807, 2.05) is 39.8 Å². The molecule has 126 valence electrons. The average Bonchev–Trinajstić information content (AvgIpc) is 2.64.